The van der Waals surface area contributed by atoms with Gasteiger partial charge in [-0.1, -0.05) is 0 Å². The number of hydrogen-bond acceptors (Lipinski definition) is 3. The highest BCUT2D eigenvalue weighted by Gasteiger charge is 1.85. The van der Waals surface area contributed by atoms with Gasteiger partial charge >= 0.3 is 0 Å². The number of H-pyrrole nitrogens is 1. The Bertz CT molecular complexity index is 253. The molecular weight excluding hydrogens is 229 g/mol. The van der Waals surface area contributed by atoms with Crippen LogP contribution in [0.15, 0.2) is 29.4 Å². The monoisotopic (exact) mass is 237 g/mol. The van der Waals surface area contributed by atoms with Gasteiger partial charge in [0, 0.05) is 17.8 Å². The normalized spacial score (nSPS) is 8.08. The van der Waals surface area contributed by atoms with Crippen LogP contribution in [0.4, 0.5) is 0 Å². The summed E-state index contributed by atoms with van der Waals surface area (Å²) >= 11 is 6.98. The minimum Gasteiger partial charge on any atom is -0.286 e. The van der Waals surface area contributed by atoms with Crippen molar-refractivity contribution in [3.8, 4) is 0 Å². The fourth-order valence-electron chi connectivity index (χ4n) is 0.519. The summed E-state index contributed by atoms with van der Waals surface area (Å²) in [6.07, 6.45) is 3.46. The highest BCUT2D eigenvalue weighted by atomic mass is 35.5. The van der Waals surface area contributed by atoms with Gasteiger partial charge in [0.15, 0.2) is 0 Å². The van der Waals surface area contributed by atoms with Gasteiger partial charge in [-0.15, -0.1) is 35.3 Å². The number of nitrogens with zero attached hydrogens (tertiary/aromatic N) is 2. The molecule has 0 unspecified atom stereocenters. The summed E-state index contributed by atoms with van der Waals surface area (Å²) in [4.78, 5) is 3.92. The minimum atomic E-state index is 0. The molecule has 0 aliphatic heterocycles. The van der Waals surface area contributed by atoms with Crippen LogP contribution in [0, 0.1) is 0 Å². The quantitative estimate of drug-likeness (QED) is 0.776. The Balaban J connectivity index is 0.000000215. The number of aromatic nitrogens is 3. The van der Waals surface area contributed by atoms with Crippen molar-refractivity contribution >= 4 is 35.3 Å². The van der Waals surface area contributed by atoms with Crippen LogP contribution in [-0.4, -0.2) is 15.2 Å². The highest BCUT2D eigenvalue weighted by molar-refractivity contribution is 7.07. The first-order chi connectivity index (χ1) is 5.93. The summed E-state index contributed by atoms with van der Waals surface area (Å²) in [5.41, 5.74) is 2.74. The Hall–Kier alpha value is -0.580. The summed E-state index contributed by atoms with van der Waals surface area (Å²) in [6, 6.07) is 1.83. The van der Waals surface area contributed by atoms with Crippen LogP contribution in [0.3, 0.4) is 0 Å². The maximum atomic E-state index is 5.41. The van der Waals surface area contributed by atoms with Gasteiger partial charge in [-0.25, -0.2) is 4.98 Å². The van der Waals surface area contributed by atoms with Crippen molar-refractivity contribution in [3.05, 3.63) is 35.0 Å². The molecule has 0 bridgehead atoms. The molecule has 2 rings (SSSR count). The third-order valence-corrected chi connectivity index (χ3v) is 1.94. The lowest BCUT2D eigenvalue weighted by Gasteiger charge is -1.75. The second-order valence-corrected chi connectivity index (χ2v) is 2.87. The summed E-state index contributed by atoms with van der Waals surface area (Å²) in [7, 11) is 0. The van der Waals surface area contributed by atoms with Crippen molar-refractivity contribution < 1.29 is 0 Å². The van der Waals surface area contributed by atoms with Crippen molar-refractivity contribution in [3.63, 3.8) is 0 Å². The Morgan fingerprint density at radius 2 is 2.38 bits per heavy atom. The fourth-order valence-corrected chi connectivity index (χ4v) is 1.31. The van der Waals surface area contributed by atoms with Crippen molar-refractivity contribution in [2.24, 2.45) is 0 Å². The molecule has 0 saturated carbocycles. The predicted octanol–water partition coefficient (Wildman–Crippen LogP) is 2.71. The second-order valence-electron chi connectivity index (χ2n) is 1.88. The van der Waals surface area contributed by atoms with Gasteiger partial charge in [0.25, 0.3) is 0 Å². The van der Waals surface area contributed by atoms with Crippen LogP contribution in [0.1, 0.15) is 5.69 Å². The van der Waals surface area contributed by atoms with Crippen LogP contribution in [0.5, 0.6) is 0 Å². The molecule has 2 aromatic heterocycles. The maximum absolute atomic E-state index is 5.41. The Labute approximate surface area is 91.6 Å². The fraction of sp³-hybridized carbons (Fsp3) is 0.143. The van der Waals surface area contributed by atoms with E-state index in [-0.39, 0.29) is 12.4 Å². The molecule has 0 fully saturated rings. The number of thiazole rings is 1. The molecule has 0 spiro atoms. The molecule has 0 aliphatic rings. The van der Waals surface area contributed by atoms with Crippen LogP contribution in [0.25, 0.3) is 0 Å². The summed E-state index contributed by atoms with van der Waals surface area (Å²) < 4.78 is 0. The van der Waals surface area contributed by atoms with E-state index in [0.717, 1.165) is 5.69 Å². The van der Waals surface area contributed by atoms with Gasteiger partial charge < -0.3 is 0 Å². The summed E-state index contributed by atoms with van der Waals surface area (Å²) in [6.45, 7) is 0. The topological polar surface area (TPSA) is 41.6 Å². The molecular formula is C7H9Cl2N3S. The molecule has 0 amide bonds. The summed E-state index contributed by atoms with van der Waals surface area (Å²) in [5.74, 6) is 0.531. The first-order valence-electron chi connectivity index (χ1n) is 3.30. The number of aromatic amines is 1. The molecule has 0 radical (unpaired) electrons. The van der Waals surface area contributed by atoms with E-state index in [4.69, 9.17) is 11.6 Å². The molecule has 0 aromatic carbocycles. The molecule has 3 nitrogen and oxygen atoms in total. The van der Waals surface area contributed by atoms with Crippen LogP contribution in [0.2, 0.25) is 0 Å². The van der Waals surface area contributed by atoms with Crippen molar-refractivity contribution in [1.82, 2.24) is 15.2 Å². The van der Waals surface area contributed by atoms with Gasteiger partial charge in [-0.2, -0.15) is 5.10 Å². The highest BCUT2D eigenvalue weighted by Crippen LogP contribution is 2.02. The molecule has 0 atom stereocenters. The largest absolute Gasteiger partial charge is 0.286 e. The van der Waals surface area contributed by atoms with Gasteiger partial charge in [-0.3, -0.25) is 5.10 Å². The standard InChI is InChI=1S/C4H4ClNS.C3H4N2.ClH/c5-1-4-2-7-3-6-4;1-2-4-5-3-1;/h2-3H,1H2;1-3H,(H,4,5);1H. The van der Waals surface area contributed by atoms with E-state index in [1.165, 1.54) is 0 Å². The SMILES string of the molecule is Cl.ClCc1cscn1.c1cn[nH]c1. The predicted molar refractivity (Wildman–Crippen MR) is 57.5 cm³/mol. The first-order valence-corrected chi connectivity index (χ1v) is 4.78. The van der Waals surface area contributed by atoms with Crippen LogP contribution >= 0.6 is 35.3 Å². The van der Waals surface area contributed by atoms with Gasteiger partial charge in [-0.05, 0) is 6.07 Å². The Morgan fingerprint density at radius 1 is 1.54 bits per heavy atom. The zero-order valence-corrected chi connectivity index (χ0v) is 9.07. The van der Waals surface area contributed by atoms with Crippen molar-refractivity contribution in [2.75, 3.05) is 0 Å². The molecule has 72 valence electrons. The van der Waals surface area contributed by atoms with E-state index >= 15 is 0 Å². The zero-order valence-electron chi connectivity index (χ0n) is 6.68. The van der Waals surface area contributed by atoms with Crippen molar-refractivity contribution in [1.29, 1.82) is 0 Å². The van der Waals surface area contributed by atoms with Gasteiger partial charge in [0.05, 0.1) is 17.1 Å². The number of hydrogen-bond donors (Lipinski definition) is 1. The Kier molecular flexibility index (Phi) is 7.68. The first kappa shape index (κ1) is 12.4. The molecule has 2 aromatic rings. The minimum absolute atomic E-state index is 0. The van der Waals surface area contributed by atoms with Crippen LogP contribution < -0.4 is 0 Å². The van der Waals surface area contributed by atoms with E-state index in [1.807, 2.05) is 11.4 Å². The average Bonchev–Trinajstić information content (AvgIpc) is 2.81. The van der Waals surface area contributed by atoms with Crippen molar-refractivity contribution in [2.45, 2.75) is 5.88 Å². The van der Waals surface area contributed by atoms with Gasteiger partial charge in [0.2, 0.25) is 0 Å². The Morgan fingerprint density at radius 3 is 2.62 bits per heavy atom. The third-order valence-electron chi connectivity index (χ3n) is 1.03. The maximum Gasteiger partial charge on any atom is 0.0795 e. The lowest BCUT2D eigenvalue weighted by atomic mass is 10.6. The number of alkyl halides is 1. The lowest BCUT2D eigenvalue weighted by Crippen LogP contribution is -1.70. The van der Waals surface area contributed by atoms with E-state index < -0.39 is 0 Å². The van der Waals surface area contributed by atoms with E-state index in [0.29, 0.717) is 5.88 Å². The molecule has 0 saturated heterocycles. The van der Waals surface area contributed by atoms with E-state index in [1.54, 1.807) is 29.2 Å². The smallest absolute Gasteiger partial charge is 0.0795 e. The van der Waals surface area contributed by atoms with E-state index in [2.05, 4.69) is 15.2 Å². The van der Waals surface area contributed by atoms with Gasteiger partial charge in [0.1, 0.15) is 0 Å². The zero-order chi connectivity index (χ0) is 8.65. The molecule has 6 heteroatoms. The van der Waals surface area contributed by atoms with Crippen LogP contribution in [-0.2, 0) is 5.88 Å². The molecule has 0 aliphatic carbocycles. The van der Waals surface area contributed by atoms with E-state index in [9.17, 15) is 0 Å². The number of halogens is 2. The average molecular weight is 238 g/mol. The summed E-state index contributed by atoms with van der Waals surface area (Å²) in [5, 5.41) is 8.15. The third kappa shape index (κ3) is 5.63. The second kappa shape index (κ2) is 8.04. The molecule has 13 heavy (non-hydrogen) atoms. The molecule has 2 heterocycles. The lowest BCUT2D eigenvalue weighted by molar-refractivity contribution is 1.09. The molecule has 1 N–H and O–H groups in total. The number of nitrogens with one attached hydrogen (secondary N) is 1. The number of rotatable bonds is 1.